The lowest BCUT2D eigenvalue weighted by atomic mass is 10.4. The van der Waals surface area contributed by atoms with E-state index in [0.29, 0.717) is 0 Å². The van der Waals surface area contributed by atoms with Gasteiger partial charge in [0.2, 0.25) is 16.6 Å². The van der Waals surface area contributed by atoms with Crippen molar-refractivity contribution in [2.75, 3.05) is 0 Å². The minimum absolute atomic E-state index is 1.09. The molecule has 0 saturated carbocycles. The Balaban J connectivity index is 1.73. The highest BCUT2D eigenvalue weighted by Gasteiger charge is 2.55. The summed E-state index contributed by atoms with van der Waals surface area (Å²) in [5.41, 5.74) is 0. The fourth-order valence-corrected chi connectivity index (χ4v) is 23.7. The summed E-state index contributed by atoms with van der Waals surface area (Å²) in [6, 6.07) is 53.0. The van der Waals surface area contributed by atoms with Crippen LogP contribution in [0.2, 0.25) is 32.7 Å². The Morgan fingerprint density at radius 1 is 0.310 bits per heavy atom. The molecule has 7 heteroatoms. The maximum Gasteiger partial charge on any atom is 0.388 e. The fourth-order valence-electron chi connectivity index (χ4n) is 5.54. The molecule has 5 rings (SSSR count). The Kier molecular flexibility index (Phi) is 9.10. The van der Waals surface area contributed by atoms with E-state index < -0.39 is 33.8 Å². The summed E-state index contributed by atoms with van der Waals surface area (Å²) in [6.45, 7) is 11.3. The summed E-state index contributed by atoms with van der Waals surface area (Å²) in [5.74, 6) is 0. The molecule has 214 valence electrons. The SMILES string of the molecule is C[Si](C)(O[Si](C)(O[Si](O[Si](C)(C)c1ccccc1)(c1ccccc1)c1ccccc1)c1ccccc1)c1ccccc1. The van der Waals surface area contributed by atoms with Crippen LogP contribution in [-0.4, -0.2) is 33.8 Å². The van der Waals surface area contributed by atoms with E-state index in [0.717, 1.165) is 15.6 Å². The summed E-state index contributed by atoms with van der Waals surface area (Å²) in [5, 5.41) is 5.76. The summed E-state index contributed by atoms with van der Waals surface area (Å²) in [6.07, 6.45) is 0. The minimum Gasteiger partial charge on any atom is -0.429 e. The van der Waals surface area contributed by atoms with Gasteiger partial charge in [0.05, 0.1) is 0 Å². The molecule has 0 fully saturated rings. The van der Waals surface area contributed by atoms with Crippen LogP contribution in [0.3, 0.4) is 0 Å². The van der Waals surface area contributed by atoms with Gasteiger partial charge in [-0.2, -0.15) is 0 Å². The van der Waals surface area contributed by atoms with Crippen molar-refractivity contribution < 1.29 is 12.3 Å². The average molecular weight is 621 g/mol. The first-order valence-corrected chi connectivity index (χ1v) is 24.5. The van der Waals surface area contributed by atoms with Crippen molar-refractivity contribution in [1.82, 2.24) is 0 Å². The number of benzene rings is 5. The van der Waals surface area contributed by atoms with Crippen LogP contribution in [0.1, 0.15) is 0 Å². The summed E-state index contributed by atoms with van der Waals surface area (Å²) in [4.78, 5) is 0. The second-order valence-electron chi connectivity index (χ2n) is 11.7. The van der Waals surface area contributed by atoms with Crippen molar-refractivity contribution in [3.63, 3.8) is 0 Å². The quantitative estimate of drug-likeness (QED) is 0.183. The van der Waals surface area contributed by atoms with Gasteiger partial charge in [-0.05, 0) is 58.7 Å². The molecule has 1 atom stereocenters. The fraction of sp³-hybridized carbons (Fsp3) is 0.143. The largest absolute Gasteiger partial charge is 0.429 e. The van der Waals surface area contributed by atoms with Crippen LogP contribution in [0.5, 0.6) is 0 Å². The third-order valence-electron chi connectivity index (χ3n) is 7.73. The van der Waals surface area contributed by atoms with Gasteiger partial charge in [0.1, 0.15) is 0 Å². The average Bonchev–Trinajstić information content (AvgIpc) is 3.02. The maximum atomic E-state index is 7.80. The van der Waals surface area contributed by atoms with Crippen LogP contribution in [-0.2, 0) is 12.3 Å². The van der Waals surface area contributed by atoms with Crippen LogP contribution >= 0.6 is 0 Å². The van der Waals surface area contributed by atoms with Crippen LogP contribution in [0, 0.1) is 0 Å². The predicted octanol–water partition coefficient (Wildman–Crippen LogP) is 5.50. The molecule has 5 aromatic carbocycles. The van der Waals surface area contributed by atoms with E-state index in [-0.39, 0.29) is 0 Å². The van der Waals surface area contributed by atoms with Crippen molar-refractivity contribution in [2.45, 2.75) is 32.7 Å². The maximum absolute atomic E-state index is 7.80. The molecule has 42 heavy (non-hydrogen) atoms. The smallest absolute Gasteiger partial charge is 0.388 e. The summed E-state index contributed by atoms with van der Waals surface area (Å²) >= 11 is 0. The van der Waals surface area contributed by atoms with Gasteiger partial charge in [-0.1, -0.05) is 152 Å². The first-order chi connectivity index (χ1) is 20.1. The van der Waals surface area contributed by atoms with Crippen molar-refractivity contribution in [3.8, 4) is 0 Å². The first kappa shape index (κ1) is 30.3. The van der Waals surface area contributed by atoms with E-state index in [1.807, 2.05) is 0 Å². The third-order valence-corrected chi connectivity index (χ3v) is 24.2. The van der Waals surface area contributed by atoms with E-state index in [1.165, 1.54) is 10.4 Å². The van der Waals surface area contributed by atoms with Gasteiger partial charge in [-0.3, -0.25) is 0 Å². The molecule has 0 bridgehead atoms. The van der Waals surface area contributed by atoms with Crippen LogP contribution in [0.25, 0.3) is 0 Å². The van der Waals surface area contributed by atoms with Gasteiger partial charge < -0.3 is 12.3 Å². The Bertz CT molecular complexity index is 1510. The monoisotopic (exact) mass is 620 g/mol. The Morgan fingerprint density at radius 3 is 0.952 bits per heavy atom. The normalized spacial score (nSPS) is 13.8. The number of rotatable bonds is 11. The minimum atomic E-state index is -3.36. The molecule has 0 aromatic heterocycles. The van der Waals surface area contributed by atoms with Crippen molar-refractivity contribution >= 4 is 59.7 Å². The lowest BCUT2D eigenvalue weighted by molar-refractivity contribution is 0.352. The van der Waals surface area contributed by atoms with Gasteiger partial charge in [-0.15, -0.1) is 0 Å². The second kappa shape index (κ2) is 12.6. The predicted molar refractivity (Wildman–Crippen MR) is 186 cm³/mol. The van der Waals surface area contributed by atoms with E-state index >= 15 is 0 Å². The lowest BCUT2D eigenvalue weighted by Gasteiger charge is -2.45. The molecule has 5 aromatic rings. The molecule has 0 saturated heterocycles. The highest BCUT2D eigenvalue weighted by atomic mass is 28.5. The topological polar surface area (TPSA) is 27.7 Å². The van der Waals surface area contributed by atoms with E-state index in [1.54, 1.807) is 0 Å². The molecule has 1 unspecified atom stereocenters. The molecular formula is C35H40O3Si4. The molecule has 0 amide bonds. The number of hydrogen-bond acceptors (Lipinski definition) is 3. The highest BCUT2D eigenvalue weighted by molar-refractivity contribution is 7.06. The number of hydrogen-bond donors (Lipinski definition) is 0. The van der Waals surface area contributed by atoms with Crippen LogP contribution < -0.4 is 25.9 Å². The lowest BCUT2D eigenvalue weighted by Crippen LogP contribution is -2.75. The molecular weight excluding hydrogens is 581 g/mol. The van der Waals surface area contributed by atoms with Gasteiger partial charge in [0, 0.05) is 0 Å². The van der Waals surface area contributed by atoms with Gasteiger partial charge >= 0.3 is 17.1 Å². The van der Waals surface area contributed by atoms with E-state index in [9.17, 15) is 0 Å². The van der Waals surface area contributed by atoms with Crippen molar-refractivity contribution in [3.05, 3.63) is 152 Å². The molecule has 0 heterocycles. The molecule has 0 N–H and O–H groups in total. The zero-order valence-corrected chi connectivity index (χ0v) is 29.2. The van der Waals surface area contributed by atoms with Crippen molar-refractivity contribution in [1.29, 1.82) is 0 Å². The molecule has 0 radical (unpaired) electrons. The summed E-state index contributed by atoms with van der Waals surface area (Å²) in [7, 11) is -11.4. The molecule has 3 nitrogen and oxygen atoms in total. The second-order valence-corrected chi connectivity index (χ2v) is 26.2. The highest BCUT2D eigenvalue weighted by Crippen LogP contribution is 2.25. The molecule has 0 aliphatic heterocycles. The summed E-state index contributed by atoms with van der Waals surface area (Å²) < 4.78 is 22.9. The van der Waals surface area contributed by atoms with Crippen molar-refractivity contribution in [2.24, 2.45) is 0 Å². The molecule has 0 aliphatic carbocycles. The third kappa shape index (κ3) is 6.58. The Hall–Kier alpha value is -3.15. The zero-order valence-electron chi connectivity index (χ0n) is 25.2. The zero-order chi connectivity index (χ0) is 29.7. The molecule has 0 aliphatic rings. The van der Waals surface area contributed by atoms with Crippen LogP contribution in [0.15, 0.2) is 152 Å². The van der Waals surface area contributed by atoms with E-state index in [4.69, 9.17) is 12.3 Å². The Labute approximate surface area is 255 Å². The standard InChI is InChI=1S/C35H40O3Si4/c1-39(2,31-21-11-6-12-22-31)36-41(5,33-25-15-8-16-26-33)38-42(34-27-17-9-18-28-34,35-29-19-10-20-30-35)37-40(3,4)32-23-13-7-14-24-32/h6-30H,1-5H3. The van der Waals surface area contributed by atoms with Gasteiger partial charge in [0.25, 0.3) is 0 Å². The van der Waals surface area contributed by atoms with Crippen LogP contribution in [0.4, 0.5) is 0 Å². The Morgan fingerprint density at radius 2 is 0.595 bits per heavy atom. The van der Waals surface area contributed by atoms with Gasteiger partial charge in [-0.25, -0.2) is 0 Å². The first-order valence-electron chi connectivity index (χ1n) is 14.5. The van der Waals surface area contributed by atoms with Gasteiger partial charge in [0.15, 0.2) is 0 Å². The molecule has 0 spiro atoms. The van der Waals surface area contributed by atoms with E-state index in [2.05, 4.69) is 184 Å².